The Kier molecular flexibility index (Phi) is 16.7. The van der Waals surface area contributed by atoms with Crippen molar-refractivity contribution in [3.05, 3.63) is 83.9 Å². The van der Waals surface area contributed by atoms with Crippen LogP contribution in [0, 0.1) is 6.92 Å². The van der Waals surface area contributed by atoms with Gasteiger partial charge in [0.25, 0.3) is 0 Å². The fourth-order valence-electron chi connectivity index (χ4n) is 4.04. The van der Waals surface area contributed by atoms with Crippen LogP contribution in [0.25, 0.3) is 0 Å². The van der Waals surface area contributed by atoms with Crippen molar-refractivity contribution in [3.8, 4) is 11.5 Å². The van der Waals surface area contributed by atoms with E-state index in [0.717, 1.165) is 66.0 Å². The van der Waals surface area contributed by atoms with Gasteiger partial charge in [-0.3, -0.25) is 9.98 Å². The molecule has 3 aromatic carbocycles. The van der Waals surface area contributed by atoms with Crippen molar-refractivity contribution in [1.82, 2.24) is 0 Å². The van der Waals surface area contributed by atoms with Gasteiger partial charge in [0.05, 0.1) is 22.8 Å². The molecule has 0 heterocycles. The molecule has 0 radical (unpaired) electrons. The van der Waals surface area contributed by atoms with Gasteiger partial charge in [-0.25, -0.2) is 0 Å². The van der Waals surface area contributed by atoms with Gasteiger partial charge in [0.1, 0.15) is 0 Å². The van der Waals surface area contributed by atoms with E-state index in [-0.39, 0.29) is 22.2 Å². The summed E-state index contributed by atoms with van der Waals surface area (Å²) in [5.74, 6) is -0.781. The number of benzene rings is 3. The van der Waals surface area contributed by atoms with E-state index in [1.807, 2.05) is 43.3 Å². The van der Waals surface area contributed by atoms with Crippen LogP contribution in [0.3, 0.4) is 0 Å². The van der Waals surface area contributed by atoms with Crippen LogP contribution < -0.4 is 10.2 Å². The number of nitrogens with zero attached hydrogens (tertiary/aromatic N) is 2. The summed E-state index contributed by atoms with van der Waals surface area (Å²) < 4.78 is 0. The second kappa shape index (κ2) is 19.2. The van der Waals surface area contributed by atoms with Crippen molar-refractivity contribution < 1.29 is 26.7 Å². The van der Waals surface area contributed by atoms with Crippen molar-refractivity contribution in [2.24, 2.45) is 9.98 Å². The van der Waals surface area contributed by atoms with Gasteiger partial charge in [-0.05, 0) is 68.0 Å². The summed E-state index contributed by atoms with van der Waals surface area (Å²) >= 11 is 0. The third-order valence-electron chi connectivity index (χ3n) is 6.05. The zero-order chi connectivity index (χ0) is 26.9. The Balaban J connectivity index is 0.000000468. The van der Waals surface area contributed by atoms with E-state index in [1.165, 1.54) is 37.8 Å². The molecule has 0 unspecified atom stereocenters. The molecule has 0 bridgehead atoms. The molecule has 206 valence electrons. The van der Waals surface area contributed by atoms with Crippen molar-refractivity contribution in [1.29, 1.82) is 0 Å². The normalized spacial score (nSPS) is 11.4. The monoisotopic (exact) mass is 556 g/mol. The molecule has 0 aromatic heterocycles. The molecule has 0 amide bonds. The smallest absolute Gasteiger partial charge is 0.873 e. The Hall–Kier alpha value is -2.91. The van der Waals surface area contributed by atoms with Crippen LogP contribution >= 0.6 is 0 Å². The van der Waals surface area contributed by atoms with Crippen LogP contribution in [0.4, 0.5) is 11.4 Å². The molecule has 4 nitrogen and oxygen atoms in total. The second-order valence-corrected chi connectivity index (χ2v) is 9.32. The van der Waals surface area contributed by atoms with Gasteiger partial charge in [0.15, 0.2) is 0 Å². The first-order valence-corrected chi connectivity index (χ1v) is 13.7. The number of para-hydroxylation sites is 2. The van der Waals surface area contributed by atoms with Crippen LogP contribution in [-0.4, -0.2) is 11.4 Å². The van der Waals surface area contributed by atoms with Gasteiger partial charge in [-0.15, -0.1) is 11.5 Å². The molecule has 0 fully saturated rings. The van der Waals surface area contributed by atoms with Crippen LogP contribution in [0.5, 0.6) is 11.5 Å². The second-order valence-electron chi connectivity index (χ2n) is 9.32. The number of aryl methyl sites for hydroxylation is 2. The summed E-state index contributed by atoms with van der Waals surface area (Å²) in [7, 11) is 0. The summed E-state index contributed by atoms with van der Waals surface area (Å²) in [6.45, 7) is 8.37. The minimum Gasteiger partial charge on any atom is -0.873 e. The molecule has 0 atom stereocenters. The minimum absolute atomic E-state index is 0. The summed E-state index contributed by atoms with van der Waals surface area (Å²) in [6.07, 6.45) is 9.90. The molecule has 3 rings (SSSR count). The Labute approximate surface area is 239 Å². The first-order chi connectivity index (χ1) is 18.0. The van der Waals surface area contributed by atoms with Crippen molar-refractivity contribution in [2.75, 3.05) is 0 Å². The Bertz CT molecular complexity index is 1110. The molecule has 0 spiro atoms. The maximum atomic E-state index is 11.0. The van der Waals surface area contributed by atoms with Gasteiger partial charge in [-0.1, -0.05) is 101 Å². The zero-order valence-electron chi connectivity index (χ0n) is 23.3. The first-order valence-electron chi connectivity index (χ1n) is 13.7. The van der Waals surface area contributed by atoms with E-state index in [1.54, 1.807) is 0 Å². The molecule has 5 heteroatoms. The van der Waals surface area contributed by atoms with Gasteiger partial charge in [0.2, 0.25) is 0 Å². The van der Waals surface area contributed by atoms with Crippen molar-refractivity contribution in [3.63, 3.8) is 0 Å². The van der Waals surface area contributed by atoms with Crippen LogP contribution in [0.1, 0.15) is 83.3 Å². The van der Waals surface area contributed by atoms with Crippen LogP contribution in [0.2, 0.25) is 0 Å². The maximum Gasteiger partial charge on any atom is 2.00 e. The number of aliphatic imine (C=N–C) groups is 2. The third-order valence-corrected chi connectivity index (χ3v) is 6.05. The number of hydrogen-bond donors (Lipinski definition) is 0. The van der Waals surface area contributed by atoms with Gasteiger partial charge in [0, 0.05) is 0 Å². The molecule has 0 aliphatic heterocycles. The van der Waals surface area contributed by atoms with Gasteiger partial charge in [-0.2, -0.15) is 0 Å². The molecule has 0 aliphatic carbocycles. The largest absolute Gasteiger partial charge is 2.00 e. The van der Waals surface area contributed by atoms with Crippen LogP contribution in [0.15, 0.2) is 82.8 Å². The molecule has 38 heavy (non-hydrogen) atoms. The fraction of sp³-hybridized carbons (Fsp3) is 0.394. The molecular formula is C33H42N2NiO2. The molecule has 0 aliphatic rings. The summed E-state index contributed by atoms with van der Waals surface area (Å²) in [5, 5.41) is 21.8. The predicted octanol–water partition coefficient (Wildman–Crippen LogP) is 8.39. The first kappa shape index (κ1) is 33.1. The van der Waals surface area contributed by atoms with E-state index in [0.29, 0.717) is 0 Å². The predicted molar refractivity (Wildman–Crippen MR) is 155 cm³/mol. The third kappa shape index (κ3) is 12.1. The Morgan fingerprint density at radius 3 is 1.66 bits per heavy atom. The molecular weight excluding hydrogens is 515 g/mol. The molecule has 0 saturated carbocycles. The average molecular weight is 557 g/mol. The molecule has 3 aromatic rings. The van der Waals surface area contributed by atoms with Crippen molar-refractivity contribution >= 4 is 22.8 Å². The van der Waals surface area contributed by atoms with Gasteiger partial charge >= 0.3 is 16.5 Å². The molecule has 0 N–H and O–H groups in total. The Morgan fingerprint density at radius 1 is 0.632 bits per heavy atom. The van der Waals surface area contributed by atoms with E-state index >= 15 is 0 Å². The zero-order valence-corrected chi connectivity index (χ0v) is 24.3. The van der Waals surface area contributed by atoms with E-state index < -0.39 is 5.75 Å². The van der Waals surface area contributed by atoms with E-state index in [9.17, 15) is 10.2 Å². The standard InChI is InChI=1S/C23H30N2.C10H14O2.Ni/c1-3-5-6-13-19-23(25-21-17-11-8-12-18-21)22(14-4-2)24-20-15-9-7-10-16-20;1-3-4-8-6-10(12)9(11)5-7(8)2;/h7-12,15-18H,3-6,13-14,19H2,1-2H3;5-6,11-12H,3-4H2,1-2H3;/q;;+2/p-2. The number of rotatable bonds is 12. The SMILES string of the molecule is CCCCCCC(=Nc1ccccc1)C(CCC)=Nc1ccccc1.CCCc1cc([O-])c([O-])cc1C.[Ni+2]. The minimum atomic E-state index is -0.396. The summed E-state index contributed by atoms with van der Waals surface area (Å²) in [4.78, 5) is 9.89. The number of unbranched alkanes of at least 4 members (excludes halogenated alkanes) is 3. The summed E-state index contributed by atoms with van der Waals surface area (Å²) in [5.41, 5.74) is 6.25. The molecule has 0 saturated heterocycles. The topological polar surface area (TPSA) is 70.8 Å². The van der Waals surface area contributed by atoms with Crippen molar-refractivity contribution in [2.45, 2.75) is 85.5 Å². The maximum absolute atomic E-state index is 11.0. The quantitative estimate of drug-likeness (QED) is 0.128. The van der Waals surface area contributed by atoms with E-state index in [4.69, 9.17) is 9.98 Å². The number of hydrogen-bond acceptors (Lipinski definition) is 4. The Morgan fingerprint density at radius 2 is 1.16 bits per heavy atom. The van der Waals surface area contributed by atoms with Crippen LogP contribution in [-0.2, 0) is 22.9 Å². The van der Waals surface area contributed by atoms with E-state index in [2.05, 4.69) is 45.0 Å². The summed E-state index contributed by atoms with van der Waals surface area (Å²) in [6, 6.07) is 23.4. The van der Waals surface area contributed by atoms with Gasteiger partial charge < -0.3 is 10.2 Å². The average Bonchev–Trinajstić information content (AvgIpc) is 2.90. The fourth-order valence-corrected chi connectivity index (χ4v) is 4.04.